The van der Waals surface area contributed by atoms with Crippen LogP contribution in [0.2, 0.25) is 5.02 Å². The molecule has 1 saturated heterocycles. The zero-order chi connectivity index (χ0) is 15.5. The second-order valence-electron chi connectivity index (χ2n) is 5.40. The molecule has 0 unspecified atom stereocenters. The molecule has 1 atom stereocenters. The Morgan fingerprint density at radius 3 is 2.45 bits per heavy atom. The van der Waals surface area contributed by atoms with Crippen molar-refractivity contribution in [2.45, 2.75) is 18.9 Å². The summed E-state index contributed by atoms with van der Waals surface area (Å²) in [5.41, 5.74) is 2.30. The van der Waals surface area contributed by atoms with Gasteiger partial charge < -0.3 is 4.90 Å². The maximum atomic E-state index is 12.7. The van der Waals surface area contributed by atoms with E-state index in [0.717, 1.165) is 24.9 Å². The van der Waals surface area contributed by atoms with Gasteiger partial charge in [-0.05, 0) is 54.8 Å². The fourth-order valence-corrected chi connectivity index (χ4v) is 3.02. The van der Waals surface area contributed by atoms with E-state index >= 15 is 0 Å². The minimum Gasteiger partial charge on any atom is -0.332 e. The fourth-order valence-electron chi connectivity index (χ4n) is 2.89. The van der Waals surface area contributed by atoms with Crippen molar-refractivity contribution < 1.29 is 4.79 Å². The Hall–Kier alpha value is -2.31. The largest absolute Gasteiger partial charge is 0.332 e. The van der Waals surface area contributed by atoms with Crippen LogP contribution in [-0.2, 0) is 0 Å². The van der Waals surface area contributed by atoms with Crippen LogP contribution < -0.4 is 0 Å². The molecule has 0 bridgehead atoms. The van der Waals surface area contributed by atoms with Gasteiger partial charge in [-0.2, -0.15) is 5.26 Å². The van der Waals surface area contributed by atoms with E-state index in [1.165, 1.54) is 0 Å². The van der Waals surface area contributed by atoms with Gasteiger partial charge in [-0.3, -0.25) is 4.79 Å². The highest BCUT2D eigenvalue weighted by Crippen LogP contribution is 2.33. The lowest BCUT2D eigenvalue weighted by molar-refractivity contribution is 0.0735. The minimum atomic E-state index is 0.0157. The molecule has 0 N–H and O–H groups in total. The third kappa shape index (κ3) is 2.84. The zero-order valence-electron chi connectivity index (χ0n) is 12.0. The van der Waals surface area contributed by atoms with E-state index in [1.807, 2.05) is 29.2 Å². The van der Waals surface area contributed by atoms with Gasteiger partial charge in [0.1, 0.15) is 0 Å². The highest BCUT2D eigenvalue weighted by atomic mass is 35.5. The number of rotatable bonds is 2. The molecule has 1 fully saturated rings. The van der Waals surface area contributed by atoms with E-state index < -0.39 is 0 Å². The molecular weight excluding hydrogens is 296 g/mol. The molecule has 2 aromatic rings. The van der Waals surface area contributed by atoms with Gasteiger partial charge in [0.15, 0.2) is 0 Å². The Labute approximate surface area is 134 Å². The molecule has 2 aromatic carbocycles. The van der Waals surface area contributed by atoms with Crippen LogP contribution in [0, 0.1) is 11.3 Å². The second-order valence-corrected chi connectivity index (χ2v) is 5.83. The smallest absolute Gasteiger partial charge is 0.254 e. The molecule has 4 heteroatoms. The topological polar surface area (TPSA) is 44.1 Å². The number of amides is 1. The van der Waals surface area contributed by atoms with Gasteiger partial charge >= 0.3 is 0 Å². The van der Waals surface area contributed by atoms with E-state index in [4.69, 9.17) is 16.9 Å². The Morgan fingerprint density at radius 2 is 1.82 bits per heavy atom. The van der Waals surface area contributed by atoms with Crippen molar-refractivity contribution in [2.75, 3.05) is 6.54 Å². The standard InChI is InChI=1S/C18H15ClN2O/c19-16-9-7-14(8-10-16)17-2-1-11-21(17)18(22)15-5-3-13(12-20)4-6-15/h3-10,17H,1-2,11H2/t17-/m0/s1. The van der Waals surface area contributed by atoms with Crippen molar-refractivity contribution in [3.8, 4) is 6.07 Å². The fraction of sp³-hybridized carbons (Fsp3) is 0.222. The minimum absolute atomic E-state index is 0.0157. The van der Waals surface area contributed by atoms with Gasteiger partial charge in [-0.15, -0.1) is 0 Å². The Kier molecular flexibility index (Phi) is 4.13. The van der Waals surface area contributed by atoms with E-state index in [2.05, 4.69) is 6.07 Å². The summed E-state index contributed by atoms with van der Waals surface area (Å²) in [5.74, 6) is 0.0157. The number of hydrogen-bond acceptors (Lipinski definition) is 2. The lowest BCUT2D eigenvalue weighted by Gasteiger charge is -2.25. The third-order valence-corrected chi connectivity index (χ3v) is 4.28. The van der Waals surface area contributed by atoms with Crippen LogP contribution in [-0.4, -0.2) is 17.4 Å². The van der Waals surface area contributed by atoms with Crippen LogP contribution in [0.3, 0.4) is 0 Å². The molecular formula is C18H15ClN2O. The number of likely N-dealkylation sites (tertiary alicyclic amines) is 1. The van der Waals surface area contributed by atoms with Gasteiger partial charge in [0.25, 0.3) is 5.91 Å². The van der Waals surface area contributed by atoms with Gasteiger partial charge in [-0.1, -0.05) is 23.7 Å². The summed E-state index contributed by atoms with van der Waals surface area (Å²) in [4.78, 5) is 14.6. The summed E-state index contributed by atoms with van der Waals surface area (Å²) < 4.78 is 0. The number of carbonyl (C=O) groups is 1. The van der Waals surface area contributed by atoms with Crippen LogP contribution in [0.1, 0.15) is 40.4 Å². The van der Waals surface area contributed by atoms with Crippen LogP contribution in [0.25, 0.3) is 0 Å². The molecule has 1 heterocycles. The predicted molar refractivity (Wildman–Crippen MR) is 85.6 cm³/mol. The Morgan fingerprint density at radius 1 is 1.14 bits per heavy atom. The number of halogens is 1. The predicted octanol–water partition coefficient (Wildman–Crippen LogP) is 4.19. The highest BCUT2D eigenvalue weighted by Gasteiger charge is 2.30. The summed E-state index contributed by atoms with van der Waals surface area (Å²) >= 11 is 5.93. The lowest BCUT2D eigenvalue weighted by Crippen LogP contribution is -2.30. The van der Waals surface area contributed by atoms with Gasteiger partial charge in [-0.25, -0.2) is 0 Å². The molecule has 3 nitrogen and oxygen atoms in total. The SMILES string of the molecule is N#Cc1ccc(C(=O)N2CCC[C@H]2c2ccc(Cl)cc2)cc1. The van der Waals surface area contributed by atoms with Crippen LogP contribution in [0.5, 0.6) is 0 Å². The molecule has 1 aliphatic rings. The molecule has 1 aliphatic heterocycles. The van der Waals surface area contributed by atoms with Crippen molar-refractivity contribution in [2.24, 2.45) is 0 Å². The Balaban J connectivity index is 1.84. The highest BCUT2D eigenvalue weighted by molar-refractivity contribution is 6.30. The number of nitriles is 1. The average Bonchev–Trinajstić information content (AvgIpc) is 3.04. The summed E-state index contributed by atoms with van der Waals surface area (Å²) in [6.07, 6.45) is 1.96. The van der Waals surface area contributed by atoms with Gasteiger partial charge in [0.2, 0.25) is 0 Å². The number of carbonyl (C=O) groups excluding carboxylic acids is 1. The summed E-state index contributed by atoms with van der Waals surface area (Å²) in [6.45, 7) is 0.756. The molecule has 0 aromatic heterocycles. The normalized spacial score (nSPS) is 17.3. The van der Waals surface area contributed by atoms with Crippen LogP contribution >= 0.6 is 11.6 Å². The molecule has 110 valence electrons. The Bertz CT molecular complexity index is 716. The van der Waals surface area contributed by atoms with Crippen molar-refractivity contribution >= 4 is 17.5 Å². The maximum Gasteiger partial charge on any atom is 0.254 e. The molecule has 0 radical (unpaired) electrons. The number of hydrogen-bond donors (Lipinski definition) is 0. The van der Waals surface area contributed by atoms with Crippen molar-refractivity contribution in [1.82, 2.24) is 4.90 Å². The second kappa shape index (κ2) is 6.21. The first kappa shape index (κ1) is 14.6. The van der Waals surface area contributed by atoms with Crippen molar-refractivity contribution in [3.63, 3.8) is 0 Å². The van der Waals surface area contributed by atoms with Crippen molar-refractivity contribution in [3.05, 3.63) is 70.2 Å². The number of nitrogens with zero attached hydrogens (tertiary/aromatic N) is 2. The third-order valence-electron chi connectivity index (χ3n) is 4.03. The van der Waals surface area contributed by atoms with Crippen LogP contribution in [0.15, 0.2) is 48.5 Å². The quantitative estimate of drug-likeness (QED) is 0.835. The molecule has 1 amide bonds. The van der Waals surface area contributed by atoms with E-state index in [0.29, 0.717) is 16.1 Å². The first-order chi connectivity index (χ1) is 10.7. The maximum absolute atomic E-state index is 12.7. The van der Waals surface area contributed by atoms with E-state index in [1.54, 1.807) is 24.3 Å². The van der Waals surface area contributed by atoms with E-state index in [9.17, 15) is 4.79 Å². The zero-order valence-corrected chi connectivity index (χ0v) is 12.8. The van der Waals surface area contributed by atoms with Crippen molar-refractivity contribution in [1.29, 1.82) is 5.26 Å². The molecule has 0 spiro atoms. The first-order valence-corrected chi connectivity index (χ1v) is 7.63. The lowest BCUT2D eigenvalue weighted by atomic mass is 10.0. The average molecular weight is 311 g/mol. The molecule has 0 saturated carbocycles. The van der Waals surface area contributed by atoms with Gasteiger partial charge in [0.05, 0.1) is 17.7 Å². The molecule has 0 aliphatic carbocycles. The summed E-state index contributed by atoms with van der Waals surface area (Å²) in [5, 5.41) is 9.54. The first-order valence-electron chi connectivity index (χ1n) is 7.25. The molecule has 22 heavy (non-hydrogen) atoms. The summed E-state index contributed by atoms with van der Waals surface area (Å²) in [7, 11) is 0. The summed E-state index contributed by atoms with van der Waals surface area (Å²) in [6, 6.07) is 16.7. The number of benzene rings is 2. The van der Waals surface area contributed by atoms with Gasteiger partial charge in [0, 0.05) is 17.1 Å². The van der Waals surface area contributed by atoms with E-state index in [-0.39, 0.29) is 11.9 Å². The molecule has 3 rings (SSSR count). The monoisotopic (exact) mass is 310 g/mol. The van der Waals surface area contributed by atoms with Crippen LogP contribution in [0.4, 0.5) is 0 Å².